The third kappa shape index (κ3) is 8.65. The number of aliphatic carboxylic acids is 1. The Morgan fingerprint density at radius 2 is 1.62 bits per heavy atom. The molecule has 0 aliphatic heterocycles. The first-order valence-corrected chi connectivity index (χ1v) is 6.89. The molecule has 0 radical (unpaired) electrons. The molecule has 0 aromatic rings. The van der Waals surface area contributed by atoms with Gasteiger partial charge in [-0.1, -0.05) is 0 Å². The van der Waals surface area contributed by atoms with E-state index in [4.69, 9.17) is 21.7 Å². The number of hydrogen-bond acceptors (Lipinski definition) is 7. The molecule has 24 heavy (non-hydrogen) atoms. The van der Waals surface area contributed by atoms with Crippen molar-refractivity contribution in [2.75, 3.05) is 19.7 Å². The molecule has 12 nitrogen and oxygen atoms in total. The van der Waals surface area contributed by atoms with Gasteiger partial charge in [0.25, 0.3) is 0 Å². The molecule has 0 aliphatic carbocycles. The monoisotopic (exact) mass is 347 g/mol. The van der Waals surface area contributed by atoms with Crippen molar-refractivity contribution in [3.63, 3.8) is 0 Å². The lowest BCUT2D eigenvalue weighted by atomic mass is 10.1. The maximum absolute atomic E-state index is 12.1. The zero-order valence-electron chi connectivity index (χ0n) is 12.8. The molecule has 0 spiro atoms. The van der Waals surface area contributed by atoms with E-state index in [1.54, 1.807) is 0 Å². The first kappa shape index (κ1) is 21.3. The highest BCUT2D eigenvalue weighted by Gasteiger charge is 2.26. The molecule has 0 bridgehead atoms. The molecular weight excluding hydrogens is 326 g/mol. The number of rotatable bonds is 11. The van der Waals surface area contributed by atoms with Gasteiger partial charge in [0.2, 0.25) is 23.6 Å². The first-order chi connectivity index (χ1) is 11.2. The van der Waals surface area contributed by atoms with Gasteiger partial charge in [-0.3, -0.25) is 24.0 Å². The zero-order chi connectivity index (χ0) is 18.7. The van der Waals surface area contributed by atoms with E-state index in [1.807, 2.05) is 5.32 Å². The summed E-state index contributed by atoms with van der Waals surface area (Å²) in [5, 5.41) is 24.0. The van der Waals surface area contributed by atoms with Gasteiger partial charge in [-0.15, -0.1) is 0 Å². The summed E-state index contributed by atoms with van der Waals surface area (Å²) in [4.78, 5) is 56.2. The standard InChI is InChI=1S/C12H21N5O7/c13-3-9(20)16-6(1-2-8(14)19)12(24)17-7(5-18)11(23)15-4-10(21)22/h6-7,18H,1-5,13H2,(H2,14,19)(H,15,23)(H,16,20)(H,17,24)(H,21,22). The Morgan fingerprint density at radius 3 is 2.08 bits per heavy atom. The third-order valence-corrected chi connectivity index (χ3v) is 2.75. The van der Waals surface area contributed by atoms with Gasteiger partial charge < -0.3 is 37.6 Å². The maximum Gasteiger partial charge on any atom is 0.322 e. The van der Waals surface area contributed by atoms with Crippen molar-refractivity contribution in [2.24, 2.45) is 11.5 Å². The van der Waals surface area contributed by atoms with E-state index in [0.717, 1.165) is 0 Å². The van der Waals surface area contributed by atoms with Crippen LogP contribution in [0.4, 0.5) is 0 Å². The van der Waals surface area contributed by atoms with Crippen molar-refractivity contribution in [1.82, 2.24) is 16.0 Å². The molecule has 0 fully saturated rings. The van der Waals surface area contributed by atoms with Crippen molar-refractivity contribution in [1.29, 1.82) is 0 Å². The fourth-order valence-electron chi connectivity index (χ4n) is 1.56. The number of carbonyl (C=O) groups is 5. The van der Waals surface area contributed by atoms with E-state index in [2.05, 4.69) is 10.6 Å². The molecule has 0 aliphatic rings. The Morgan fingerprint density at radius 1 is 1.00 bits per heavy atom. The summed E-state index contributed by atoms with van der Waals surface area (Å²) in [6.45, 7) is -1.90. The van der Waals surface area contributed by atoms with Gasteiger partial charge in [0.1, 0.15) is 18.6 Å². The predicted octanol–water partition coefficient (Wildman–Crippen LogP) is -4.63. The highest BCUT2D eigenvalue weighted by atomic mass is 16.4. The Hall–Kier alpha value is -2.73. The minimum Gasteiger partial charge on any atom is -0.480 e. The van der Waals surface area contributed by atoms with E-state index < -0.39 is 61.4 Å². The van der Waals surface area contributed by atoms with E-state index >= 15 is 0 Å². The number of amides is 4. The van der Waals surface area contributed by atoms with Gasteiger partial charge in [-0.25, -0.2) is 0 Å². The van der Waals surface area contributed by atoms with E-state index in [1.165, 1.54) is 0 Å². The van der Waals surface area contributed by atoms with Crippen LogP contribution in [0.3, 0.4) is 0 Å². The quantitative estimate of drug-likeness (QED) is 0.192. The normalized spacial score (nSPS) is 12.6. The lowest BCUT2D eigenvalue weighted by Crippen LogP contribution is -2.56. The number of aliphatic hydroxyl groups is 1. The van der Waals surface area contributed by atoms with Crippen molar-refractivity contribution in [3.8, 4) is 0 Å². The maximum atomic E-state index is 12.1. The van der Waals surface area contributed by atoms with Crippen LogP contribution >= 0.6 is 0 Å². The summed E-state index contributed by atoms with van der Waals surface area (Å²) in [5.41, 5.74) is 10.1. The lowest BCUT2D eigenvalue weighted by Gasteiger charge is -2.21. The molecule has 9 N–H and O–H groups in total. The van der Waals surface area contributed by atoms with Crippen LogP contribution in [0.2, 0.25) is 0 Å². The SMILES string of the molecule is NCC(=O)NC(CCC(N)=O)C(=O)NC(CO)C(=O)NCC(=O)O. The summed E-state index contributed by atoms with van der Waals surface area (Å²) in [5.74, 6) is -4.46. The topological polar surface area (TPSA) is 214 Å². The second kappa shape index (κ2) is 10.9. The van der Waals surface area contributed by atoms with Crippen LogP contribution in [-0.2, 0) is 24.0 Å². The minimum atomic E-state index is -1.43. The van der Waals surface area contributed by atoms with Crippen LogP contribution < -0.4 is 27.4 Å². The molecule has 0 saturated carbocycles. The van der Waals surface area contributed by atoms with E-state index in [0.29, 0.717) is 0 Å². The molecule has 136 valence electrons. The molecule has 0 rings (SSSR count). The van der Waals surface area contributed by atoms with Gasteiger partial charge >= 0.3 is 5.97 Å². The molecule has 0 heterocycles. The van der Waals surface area contributed by atoms with Crippen LogP contribution in [0.25, 0.3) is 0 Å². The smallest absolute Gasteiger partial charge is 0.322 e. The van der Waals surface area contributed by atoms with Crippen LogP contribution in [0.15, 0.2) is 0 Å². The largest absolute Gasteiger partial charge is 0.480 e. The van der Waals surface area contributed by atoms with Crippen LogP contribution in [-0.4, -0.2) is 71.6 Å². The zero-order valence-corrected chi connectivity index (χ0v) is 12.8. The highest BCUT2D eigenvalue weighted by molar-refractivity contribution is 5.93. The van der Waals surface area contributed by atoms with Crippen LogP contribution in [0.1, 0.15) is 12.8 Å². The number of nitrogens with one attached hydrogen (secondary N) is 3. The molecule has 0 aromatic heterocycles. The van der Waals surface area contributed by atoms with Crippen molar-refractivity contribution < 1.29 is 34.2 Å². The van der Waals surface area contributed by atoms with E-state index in [-0.39, 0.29) is 12.8 Å². The molecule has 12 heteroatoms. The van der Waals surface area contributed by atoms with Crippen molar-refractivity contribution in [2.45, 2.75) is 24.9 Å². The summed E-state index contributed by atoms with van der Waals surface area (Å²) in [7, 11) is 0. The Balaban J connectivity index is 4.84. The second-order valence-electron chi connectivity index (χ2n) is 4.68. The average molecular weight is 347 g/mol. The second-order valence-corrected chi connectivity index (χ2v) is 4.68. The number of carboxylic acids is 1. The number of carbonyl (C=O) groups excluding carboxylic acids is 4. The van der Waals surface area contributed by atoms with E-state index in [9.17, 15) is 24.0 Å². The summed E-state index contributed by atoms with van der Waals surface area (Å²) in [6.07, 6.45) is -0.347. The Labute approximate surface area is 136 Å². The average Bonchev–Trinajstić information content (AvgIpc) is 2.53. The van der Waals surface area contributed by atoms with Crippen molar-refractivity contribution in [3.05, 3.63) is 0 Å². The Kier molecular flexibility index (Phi) is 9.67. The van der Waals surface area contributed by atoms with Gasteiger partial charge in [-0.2, -0.15) is 0 Å². The van der Waals surface area contributed by atoms with Crippen molar-refractivity contribution >= 4 is 29.6 Å². The van der Waals surface area contributed by atoms with Gasteiger partial charge in [0.05, 0.1) is 13.2 Å². The summed E-state index contributed by atoms with van der Waals surface area (Å²) in [6, 6.07) is -2.63. The van der Waals surface area contributed by atoms with Gasteiger partial charge in [0, 0.05) is 6.42 Å². The fourth-order valence-corrected chi connectivity index (χ4v) is 1.56. The molecule has 4 amide bonds. The number of hydrogen-bond donors (Lipinski definition) is 7. The number of aliphatic hydroxyl groups excluding tert-OH is 1. The van der Waals surface area contributed by atoms with Gasteiger partial charge in [-0.05, 0) is 6.42 Å². The molecular formula is C12H21N5O7. The van der Waals surface area contributed by atoms with Gasteiger partial charge in [0.15, 0.2) is 0 Å². The van der Waals surface area contributed by atoms with Crippen LogP contribution in [0.5, 0.6) is 0 Å². The third-order valence-electron chi connectivity index (χ3n) is 2.75. The lowest BCUT2D eigenvalue weighted by molar-refractivity contribution is -0.138. The highest BCUT2D eigenvalue weighted by Crippen LogP contribution is 1.99. The number of carboxylic acid groups (broad SMARTS) is 1. The molecule has 2 unspecified atom stereocenters. The summed E-state index contributed by atoms with van der Waals surface area (Å²) >= 11 is 0. The Bertz CT molecular complexity index is 496. The summed E-state index contributed by atoms with van der Waals surface area (Å²) < 4.78 is 0. The predicted molar refractivity (Wildman–Crippen MR) is 79.1 cm³/mol. The number of nitrogens with two attached hydrogens (primary N) is 2. The van der Waals surface area contributed by atoms with Crippen LogP contribution in [0, 0.1) is 0 Å². The first-order valence-electron chi connectivity index (χ1n) is 6.89. The molecule has 0 saturated heterocycles. The minimum absolute atomic E-state index is 0.137. The molecule has 2 atom stereocenters. The fraction of sp³-hybridized carbons (Fsp3) is 0.583. The molecule has 0 aromatic carbocycles. The number of primary amides is 1.